The molecule has 6 heteroatoms. The van der Waals surface area contributed by atoms with E-state index >= 15 is 0 Å². The minimum atomic E-state index is -0.493. The number of aromatic nitrogens is 2. The molecule has 4 N–H and O–H groups in total. The van der Waals surface area contributed by atoms with Crippen molar-refractivity contribution < 1.29 is 9.53 Å². The van der Waals surface area contributed by atoms with Gasteiger partial charge in [-0.15, -0.1) is 0 Å². The molecule has 0 radical (unpaired) electrons. The standard InChI is InChI=1S/C22H20N4O2/c1-14-15(21(23)26-25-14)11-6-12-24-22(27)28-13-20-18-9-4-2-7-16(18)17-8-3-5-10-19(17)20/h2-5,7-10,20H,12-13H2,1H3,(H,24,27)(H3,23,25,26). The quantitative estimate of drug-likeness (QED) is 0.616. The number of nitrogens with one attached hydrogen (secondary N) is 2. The number of rotatable bonds is 3. The van der Waals surface area contributed by atoms with Crippen molar-refractivity contribution in [2.24, 2.45) is 0 Å². The van der Waals surface area contributed by atoms with Crippen LogP contribution in [-0.2, 0) is 4.74 Å². The molecule has 6 nitrogen and oxygen atoms in total. The Balaban J connectivity index is 1.37. The second-order valence-electron chi connectivity index (χ2n) is 6.59. The summed E-state index contributed by atoms with van der Waals surface area (Å²) in [7, 11) is 0. The predicted octanol–water partition coefficient (Wildman–Crippen LogP) is 3.19. The summed E-state index contributed by atoms with van der Waals surface area (Å²) in [6.45, 7) is 2.29. The van der Waals surface area contributed by atoms with Crippen molar-refractivity contribution >= 4 is 11.9 Å². The topological polar surface area (TPSA) is 93.0 Å². The molecule has 3 aromatic rings. The molecule has 0 spiro atoms. The lowest BCUT2D eigenvalue weighted by Crippen LogP contribution is -2.26. The zero-order valence-corrected chi connectivity index (χ0v) is 15.5. The minimum absolute atomic E-state index is 0.0395. The number of nitrogens with two attached hydrogens (primary N) is 1. The first-order valence-electron chi connectivity index (χ1n) is 9.03. The first-order chi connectivity index (χ1) is 13.6. The molecule has 0 saturated carbocycles. The fourth-order valence-corrected chi connectivity index (χ4v) is 3.50. The van der Waals surface area contributed by atoms with Crippen molar-refractivity contribution in [1.82, 2.24) is 15.5 Å². The lowest BCUT2D eigenvalue weighted by Gasteiger charge is -2.14. The van der Waals surface area contributed by atoms with E-state index in [1.54, 1.807) is 0 Å². The second-order valence-corrected chi connectivity index (χ2v) is 6.59. The van der Waals surface area contributed by atoms with E-state index in [-0.39, 0.29) is 19.1 Å². The summed E-state index contributed by atoms with van der Waals surface area (Å²) in [5, 5.41) is 9.29. The Hall–Kier alpha value is -3.72. The van der Waals surface area contributed by atoms with Gasteiger partial charge in [0, 0.05) is 11.6 Å². The van der Waals surface area contributed by atoms with Crippen molar-refractivity contribution in [1.29, 1.82) is 0 Å². The monoisotopic (exact) mass is 372 g/mol. The first-order valence-corrected chi connectivity index (χ1v) is 9.03. The van der Waals surface area contributed by atoms with E-state index in [0.717, 1.165) is 5.69 Å². The van der Waals surface area contributed by atoms with Crippen molar-refractivity contribution in [3.05, 3.63) is 70.9 Å². The smallest absolute Gasteiger partial charge is 0.407 e. The number of aromatic amines is 1. The second kappa shape index (κ2) is 7.49. The molecule has 28 heavy (non-hydrogen) atoms. The third-order valence-electron chi connectivity index (χ3n) is 4.85. The average molecular weight is 372 g/mol. The summed E-state index contributed by atoms with van der Waals surface area (Å²) >= 11 is 0. The Morgan fingerprint density at radius 2 is 1.82 bits per heavy atom. The number of carbonyl (C=O) groups excluding carboxylic acids is 1. The maximum Gasteiger partial charge on any atom is 0.407 e. The van der Waals surface area contributed by atoms with E-state index in [1.165, 1.54) is 22.3 Å². The summed E-state index contributed by atoms with van der Waals surface area (Å²) < 4.78 is 5.46. The third kappa shape index (κ3) is 3.30. The molecule has 0 atom stereocenters. The van der Waals surface area contributed by atoms with Crippen LogP contribution in [0.25, 0.3) is 11.1 Å². The Kier molecular flexibility index (Phi) is 4.73. The molecule has 140 valence electrons. The highest BCUT2D eigenvalue weighted by atomic mass is 16.5. The number of fused-ring (bicyclic) bond motifs is 3. The van der Waals surface area contributed by atoms with E-state index in [1.807, 2.05) is 31.2 Å². The summed E-state index contributed by atoms with van der Waals surface area (Å²) in [5.74, 6) is 6.15. The van der Waals surface area contributed by atoms with E-state index in [9.17, 15) is 4.79 Å². The van der Waals surface area contributed by atoms with Gasteiger partial charge < -0.3 is 15.8 Å². The lowest BCUT2D eigenvalue weighted by molar-refractivity contribution is 0.144. The number of benzene rings is 2. The number of ether oxygens (including phenoxy) is 1. The molecule has 0 saturated heterocycles. The Labute approximate surface area is 163 Å². The molecular weight excluding hydrogens is 352 g/mol. The third-order valence-corrected chi connectivity index (χ3v) is 4.85. The van der Waals surface area contributed by atoms with Crippen molar-refractivity contribution in [2.45, 2.75) is 12.8 Å². The number of aryl methyl sites for hydroxylation is 1. The van der Waals surface area contributed by atoms with Gasteiger partial charge in [-0.3, -0.25) is 5.10 Å². The van der Waals surface area contributed by atoms with Gasteiger partial charge in [0.1, 0.15) is 6.61 Å². The Bertz CT molecular complexity index is 1030. The van der Waals surface area contributed by atoms with Gasteiger partial charge in [0.15, 0.2) is 5.82 Å². The molecule has 1 aliphatic carbocycles. The van der Waals surface area contributed by atoms with Crippen molar-refractivity contribution in [3.63, 3.8) is 0 Å². The van der Waals surface area contributed by atoms with Gasteiger partial charge in [-0.25, -0.2) is 4.79 Å². The van der Waals surface area contributed by atoms with Crippen molar-refractivity contribution in [3.8, 4) is 23.0 Å². The van der Waals surface area contributed by atoms with E-state index < -0.39 is 6.09 Å². The summed E-state index contributed by atoms with van der Waals surface area (Å²) in [5.41, 5.74) is 11.9. The molecule has 1 aromatic heterocycles. The van der Waals surface area contributed by atoms with Crippen LogP contribution in [0.4, 0.5) is 10.6 Å². The zero-order chi connectivity index (χ0) is 19.5. The van der Waals surface area contributed by atoms with Crippen LogP contribution in [-0.4, -0.2) is 29.4 Å². The van der Waals surface area contributed by atoms with Crippen LogP contribution >= 0.6 is 0 Å². The summed E-state index contributed by atoms with van der Waals surface area (Å²) in [6.07, 6.45) is -0.493. The number of nitrogens with zero attached hydrogens (tertiary/aromatic N) is 1. The van der Waals surface area contributed by atoms with Gasteiger partial charge in [0.05, 0.1) is 12.1 Å². The van der Waals surface area contributed by atoms with Crippen LogP contribution < -0.4 is 11.1 Å². The Morgan fingerprint density at radius 3 is 2.43 bits per heavy atom. The molecule has 4 rings (SSSR count). The predicted molar refractivity (Wildman–Crippen MR) is 108 cm³/mol. The average Bonchev–Trinajstić information content (AvgIpc) is 3.21. The molecule has 1 aliphatic rings. The molecule has 1 heterocycles. The number of hydrogen-bond donors (Lipinski definition) is 3. The minimum Gasteiger partial charge on any atom is -0.449 e. The van der Waals surface area contributed by atoms with Gasteiger partial charge in [-0.05, 0) is 29.2 Å². The van der Waals surface area contributed by atoms with Crippen LogP contribution in [0, 0.1) is 18.8 Å². The highest BCUT2D eigenvalue weighted by molar-refractivity contribution is 5.79. The van der Waals surface area contributed by atoms with Gasteiger partial charge in [-0.2, -0.15) is 5.10 Å². The number of anilines is 1. The molecule has 0 aliphatic heterocycles. The number of hydrogen-bond acceptors (Lipinski definition) is 4. The number of H-pyrrole nitrogens is 1. The number of nitrogen functional groups attached to an aromatic ring is 1. The molecular formula is C22H20N4O2. The van der Waals surface area contributed by atoms with Crippen molar-refractivity contribution in [2.75, 3.05) is 18.9 Å². The van der Waals surface area contributed by atoms with Crippen LogP contribution in [0.15, 0.2) is 48.5 Å². The first kappa shape index (κ1) is 17.7. The van der Waals surface area contributed by atoms with Gasteiger partial charge in [0.25, 0.3) is 0 Å². The van der Waals surface area contributed by atoms with Crippen LogP contribution in [0.5, 0.6) is 0 Å². The van der Waals surface area contributed by atoms with Crippen LogP contribution in [0.2, 0.25) is 0 Å². The fraction of sp³-hybridized carbons (Fsp3) is 0.182. The molecule has 0 unspecified atom stereocenters. The molecule has 0 bridgehead atoms. The highest BCUT2D eigenvalue weighted by Crippen LogP contribution is 2.44. The van der Waals surface area contributed by atoms with Crippen LogP contribution in [0.3, 0.4) is 0 Å². The number of alkyl carbamates (subject to hydrolysis) is 1. The molecule has 0 fully saturated rings. The highest BCUT2D eigenvalue weighted by Gasteiger charge is 2.28. The van der Waals surface area contributed by atoms with Crippen LogP contribution in [0.1, 0.15) is 28.3 Å². The SMILES string of the molecule is Cc1[nH]nc(N)c1C#CCNC(=O)OCC1c2ccccc2-c2ccccc21. The lowest BCUT2D eigenvalue weighted by atomic mass is 9.98. The molecule has 1 amide bonds. The fourth-order valence-electron chi connectivity index (χ4n) is 3.50. The summed E-state index contributed by atoms with van der Waals surface area (Å²) in [4.78, 5) is 12.1. The van der Waals surface area contributed by atoms with E-state index in [2.05, 4.69) is 51.6 Å². The van der Waals surface area contributed by atoms with Gasteiger partial charge in [-0.1, -0.05) is 60.4 Å². The van der Waals surface area contributed by atoms with Gasteiger partial charge in [0.2, 0.25) is 0 Å². The molecule has 2 aromatic carbocycles. The number of carbonyl (C=O) groups is 1. The largest absolute Gasteiger partial charge is 0.449 e. The van der Waals surface area contributed by atoms with E-state index in [0.29, 0.717) is 11.4 Å². The van der Waals surface area contributed by atoms with Gasteiger partial charge >= 0.3 is 6.09 Å². The zero-order valence-electron chi connectivity index (χ0n) is 15.5. The van der Waals surface area contributed by atoms with E-state index in [4.69, 9.17) is 10.5 Å². The maximum absolute atomic E-state index is 12.1. The normalized spacial score (nSPS) is 11.9. The summed E-state index contributed by atoms with van der Waals surface area (Å²) in [6, 6.07) is 16.5. The maximum atomic E-state index is 12.1. The Morgan fingerprint density at radius 1 is 1.18 bits per heavy atom. The number of amides is 1.